The molecule has 0 radical (unpaired) electrons. The largest absolute Gasteiger partial charge is 0.496 e. The molecule has 2 rings (SSSR count). The predicted molar refractivity (Wildman–Crippen MR) is 83.6 cm³/mol. The molecule has 0 amide bonds. The first-order valence-corrected chi connectivity index (χ1v) is 6.65. The van der Waals surface area contributed by atoms with Crippen molar-refractivity contribution >= 4 is 40.9 Å². The van der Waals surface area contributed by atoms with Crippen molar-refractivity contribution in [3.05, 3.63) is 57.5 Å². The van der Waals surface area contributed by atoms with Gasteiger partial charge in [-0.05, 0) is 30.3 Å². The van der Waals surface area contributed by atoms with Crippen LogP contribution in [-0.2, 0) is 0 Å². The summed E-state index contributed by atoms with van der Waals surface area (Å²) in [6.07, 6.45) is 1.71. The third kappa shape index (κ3) is 2.89. The highest BCUT2D eigenvalue weighted by Crippen LogP contribution is 2.38. The molecule has 0 fully saturated rings. The lowest BCUT2D eigenvalue weighted by Crippen LogP contribution is -1.90. The summed E-state index contributed by atoms with van der Waals surface area (Å²) in [7, 11) is 1.59. The average Bonchev–Trinajstić information content (AvgIpc) is 2.41. The molecule has 0 atom stereocenters. The Balaban J connectivity index is 2.68. The Morgan fingerprint density at radius 1 is 1.00 bits per heavy atom. The van der Waals surface area contributed by atoms with Gasteiger partial charge in [-0.1, -0.05) is 47.5 Å². The molecule has 4 heteroatoms. The van der Waals surface area contributed by atoms with Crippen molar-refractivity contribution < 1.29 is 4.74 Å². The van der Waals surface area contributed by atoms with E-state index in [-0.39, 0.29) is 0 Å². The SMILES string of the molecule is C=Cc1cc(-c2cc(Cl)ccc2Cl)c(Cl)cc1OC. The number of ether oxygens (including phenoxy) is 1. The monoisotopic (exact) mass is 312 g/mol. The lowest BCUT2D eigenvalue weighted by atomic mass is 10.0. The Morgan fingerprint density at radius 3 is 2.32 bits per heavy atom. The van der Waals surface area contributed by atoms with E-state index < -0.39 is 0 Å². The second-order valence-electron chi connectivity index (χ2n) is 3.90. The van der Waals surface area contributed by atoms with Crippen LogP contribution in [0.25, 0.3) is 17.2 Å². The maximum absolute atomic E-state index is 6.28. The molecule has 0 aliphatic heterocycles. The molecule has 2 aromatic rings. The van der Waals surface area contributed by atoms with Crippen LogP contribution < -0.4 is 4.74 Å². The normalized spacial score (nSPS) is 10.3. The van der Waals surface area contributed by atoms with E-state index in [4.69, 9.17) is 39.5 Å². The van der Waals surface area contributed by atoms with Gasteiger partial charge in [-0.15, -0.1) is 0 Å². The fourth-order valence-corrected chi connectivity index (χ4v) is 2.47. The molecule has 0 aliphatic rings. The standard InChI is InChI=1S/C15H11Cl3O/c1-3-9-6-11(14(18)8-15(9)19-2)12-7-10(16)4-5-13(12)17/h3-8H,1H2,2H3. The van der Waals surface area contributed by atoms with Crippen LogP contribution in [0.3, 0.4) is 0 Å². The quantitative estimate of drug-likeness (QED) is 0.678. The highest BCUT2D eigenvalue weighted by Gasteiger charge is 2.12. The summed E-state index contributed by atoms with van der Waals surface area (Å²) in [5.74, 6) is 0.668. The van der Waals surface area contributed by atoms with Crippen LogP contribution in [0.4, 0.5) is 0 Å². The van der Waals surface area contributed by atoms with Crippen molar-refractivity contribution in [2.24, 2.45) is 0 Å². The van der Waals surface area contributed by atoms with Crippen LogP contribution in [0.15, 0.2) is 36.9 Å². The van der Waals surface area contributed by atoms with E-state index in [0.29, 0.717) is 20.8 Å². The molecule has 0 spiro atoms. The second kappa shape index (κ2) is 5.87. The van der Waals surface area contributed by atoms with Gasteiger partial charge in [0.25, 0.3) is 0 Å². The zero-order valence-corrected chi connectivity index (χ0v) is 12.5. The van der Waals surface area contributed by atoms with Gasteiger partial charge in [0.1, 0.15) is 5.75 Å². The van der Waals surface area contributed by atoms with Crippen LogP contribution in [0.2, 0.25) is 15.1 Å². The zero-order valence-electron chi connectivity index (χ0n) is 10.2. The van der Waals surface area contributed by atoms with Gasteiger partial charge < -0.3 is 4.74 Å². The van der Waals surface area contributed by atoms with Gasteiger partial charge in [-0.25, -0.2) is 0 Å². The maximum Gasteiger partial charge on any atom is 0.127 e. The van der Waals surface area contributed by atoms with Gasteiger partial charge in [-0.3, -0.25) is 0 Å². The van der Waals surface area contributed by atoms with Crippen LogP contribution >= 0.6 is 34.8 Å². The third-order valence-electron chi connectivity index (χ3n) is 2.76. The zero-order chi connectivity index (χ0) is 14.0. The number of halogens is 3. The molecule has 1 nitrogen and oxygen atoms in total. The summed E-state index contributed by atoms with van der Waals surface area (Å²) < 4.78 is 5.25. The summed E-state index contributed by atoms with van der Waals surface area (Å²) >= 11 is 18.5. The van der Waals surface area contributed by atoms with Crippen LogP contribution in [-0.4, -0.2) is 7.11 Å². The molecule has 19 heavy (non-hydrogen) atoms. The molecule has 0 saturated heterocycles. The molecule has 0 aliphatic carbocycles. The smallest absolute Gasteiger partial charge is 0.127 e. The fraction of sp³-hybridized carbons (Fsp3) is 0.0667. The first-order valence-electron chi connectivity index (χ1n) is 5.52. The van der Waals surface area contributed by atoms with E-state index in [1.807, 2.05) is 6.07 Å². The van der Waals surface area contributed by atoms with E-state index in [0.717, 1.165) is 16.7 Å². The van der Waals surface area contributed by atoms with E-state index >= 15 is 0 Å². The van der Waals surface area contributed by atoms with Crippen LogP contribution in [0.5, 0.6) is 5.75 Å². The third-order valence-corrected chi connectivity index (χ3v) is 3.64. The molecule has 0 unspecified atom stereocenters. The molecule has 0 saturated carbocycles. The van der Waals surface area contributed by atoms with Crippen LogP contribution in [0, 0.1) is 0 Å². The summed E-state index contributed by atoms with van der Waals surface area (Å²) in [6, 6.07) is 8.88. The molecule has 0 N–H and O–H groups in total. The molecule has 2 aromatic carbocycles. The molecular formula is C15H11Cl3O. The van der Waals surface area contributed by atoms with Crippen molar-refractivity contribution in [1.29, 1.82) is 0 Å². The van der Waals surface area contributed by atoms with Crippen molar-refractivity contribution in [1.82, 2.24) is 0 Å². The molecule has 0 aromatic heterocycles. The number of hydrogen-bond acceptors (Lipinski definition) is 1. The Hall–Kier alpha value is -1.15. The average molecular weight is 314 g/mol. The minimum absolute atomic E-state index is 0.548. The minimum atomic E-state index is 0.548. The second-order valence-corrected chi connectivity index (χ2v) is 5.15. The van der Waals surface area contributed by atoms with Gasteiger partial charge in [0.05, 0.1) is 12.1 Å². The number of hydrogen-bond donors (Lipinski definition) is 0. The van der Waals surface area contributed by atoms with Gasteiger partial charge in [0.2, 0.25) is 0 Å². The summed E-state index contributed by atoms with van der Waals surface area (Å²) in [4.78, 5) is 0. The maximum atomic E-state index is 6.28. The van der Waals surface area contributed by atoms with Crippen molar-refractivity contribution in [3.8, 4) is 16.9 Å². The molecule has 98 valence electrons. The lowest BCUT2D eigenvalue weighted by molar-refractivity contribution is 0.414. The Morgan fingerprint density at radius 2 is 1.68 bits per heavy atom. The summed E-state index contributed by atoms with van der Waals surface area (Å²) in [5.41, 5.74) is 2.42. The number of rotatable bonds is 3. The number of methoxy groups -OCH3 is 1. The highest BCUT2D eigenvalue weighted by molar-refractivity contribution is 6.37. The molecular weight excluding hydrogens is 303 g/mol. The molecule has 0 bridgehead atoms. The highest BCUT2D eigenvalue weighted by atomic mass is 35.5. The summed E-state index contributed by atoms with van der Waals surface area (Å²) in [6.45, 7) is 3.76. The van der Waals surface area contributed by atoms with Gasteiger partial charge in [0, 0.05) is 26.7 Å². The van der Waals surface area contributed by atoms with E-state index in [2.05, 4.69) is 6.58 Å². The lowest BCUT2D eigenvalue weighted by Gasteiger charge is -2.12. The van der Waals surface area contributed by atoms with Gasteiger partial charge in [-0.2, -0.15) is 0 Å². The number of benzene rings is 2. The van der Waals surface area contributed by atoms with E-state index in [9.17, 15) is 0 Å². The topological polar surface area (TPSA) is 9.23 Å². The van der Waals surface area contributed by atoms with Crippen LogP contribution in [0.1, 0.15) is 5.56 Å². The first kappa shape index (κ1) is 14.3. The minimum Gasteiger partial charge on any atom is -0.496 e. The van der Waals surface area contributed by atoms with Gasteiger partial charge in [0.15, 0.2) is 0 Å². The van der Waals surface area contributed by atoms with E-state index in [1.165, 1.54) is 0 Å². The van der Waals surface area contributed by atoms with Crippen molar-refractivity contribution in [3.63, 3.8) is 0 Å². The Bertz CT molecular complexity index is 636. The van der Waals surface area contributed by atoms with Crippen molar-refractivity contribution in [2.75, 3.05) is 7.11 Å². The van der Waals surface area contributed by atoms with Crippen molar-refractivity contribution in [2.45, 2.75) is 0 Å². The predicted octanol–water partition coefficient (Wildman–Crippen LogP) is 5.97. The Labute approximate surface area is 127 Å². The first-order chi connectivity index (χ1) is 9.06. The Kier molecular flexibility index (Phi) is 4.41. The van der Waals surface area contributed by atoms with Gasteiger partial charge >= 0.3 is 0 Å². The molecule has 0 heterocycles. The fourth-order valence-electron chi connectivity index (χ4n) is 1.82. The summed E-state index contributed by atoms with van der Waals surface area (Å²) in [5, 5.41) is 1.74. The van der Waals surface area contributed by atoms with E-state index in [1.54, 1.807) is 37.5 Å².